The van der Waals surface area contributed by atoms with Crippen molar-refractivity contribution in [2.45, 2.75) is 32.1 Å². The molecule has 0 aliphatic rings. The number of aromatic carboxylic acids is 2. The molecule has 0 aliphatic heterocycles. The summed E-state index contributed by atoms with van der Waals surface area (Å²) in [5.74, 6) is -2.65. The molecule has 0 saturated heterocycles. The predicted octanol–water partition coefficient (Wildman–Crippen LogP) is 4.31. The van der Waals surface area contributed by atoms with Gasteiger partial charge in [-0.05, 0) is 35.7 Å². The smallest absolute Gasteiger partial charge is 0.335 e. The minimum absolute atomic E-state index is 0.0338. The van der Waals surface area contributed by atoms with E-state index in [1.165, 1.54) is 24.3 Å². The maximum Gasteiger partial charge on any atom is 0.335 e. The zero-order valence-electron chi connectivity index (χ0n) is 14.2. The molecule has 0 aliphatic carbocycles. The number of benzene rings is 2. The highest BCUT2D eigenvalue weighted by Crippen LogP contribution is 2.32. The van der Waals surface area contributed by atoms with Crippen LogP contribution in [0.4, 0.5) is 5.69 Å². The van der Waals surface area contributed by atoms with E-state index in [-0.39, 0.29) is 22.7 Å². The van der Waals surface area contributed by atoms with Crippen LogP contribution in [0.1, 0.15) is 63.9 Å². The Morgan fingerprint density at radius 3 is 1.96 bits per heavy atom. The second kappa shape index (κ2) is 8.24. The molecular weight excluding hydrogens is 338 g/mol. The fourth-order valence-electron chi connectivity index (χ4n) is 2.86. The molecule has 0 heterocycles. The summed E-state index contributed by atoms with van der Waals surface area (Å²) in [6.07, 6.45) is 2.44. The molecule has 0 saturated carbocycles. The average Bonchev–Trinajstić information content (AvgIpc) is 2.62. The Morgan fingerprint density at radius 1 is 1.00 bits per heavy atom. The number of hydrogen-bond donors (Lipinski definition) is 2. The van der Waals surface area contributed by atoms with Crippen LogP contribution >= 0.6 is 0 Å². The van der Waals surface area contributed by atoms with Gasteiger partial charge in [0, 0.05) is 18.1 Å². The van der Waals surface area contributed by atoms with Crippen LogP contribution in [0.25, 0.3) is 0 Å². The van der Waals surface area contributed by atoms with E-state index < -0.39 is 16.9 Å². The molecule has 0 spiro atoms. The van der Waals surface area contributed by atoms with Crippen LogP contribution in [0.2, 0.25) is 0 Å². The third-order valence-corrected chi connectivity index (χ3v) is 4.20. The standard InChI is InChI=1S/C19H19NO6/c1-2-3-4-17(12-5-7-16(8-6-12)20(25)26)13-9-14(18(21)22)11-15(10-13)19(23)24/h5-11,17H,2-4H2,1H3,(H,21,22)(H,23,24). The van der Waals surface area contributed by atoms with Gasteiger partial charge in [0.05, 0.1) is 16.1 Å². The van der Waals surface area contributed by atoms with Gasteiger partial charge < -0.3 is 10.2 Å². The maximum absolute atomic E-state index is 11.4. The monoisotopic (exact) mass is 357 g/mol. The number of carboxylic acid groups (broad SMARTS) is 2. The molecule has 2 N–H and O–H groups in total. The summed E-state index contributed by atoms with van der Waals surface area (Å²) in [7, 11) is 0. The SMILES string of the molecule is CCCCC(c1ccc([N+](=O)[O-])cc1)c1cc(C(=O)O)cc(C(=O)O)c1. The van der Waals surface area contributed by atoms with Crippen LogP contribution in [-0.2, 0) is 0 Å². The van der Waals surface area contributed by atoms with Gasteiger partial charge in [-0.25, -0.2) is 9.59 Å². The maximum atomic E-state index is 11.4. The Balaban J connectivity index is 2.53. The molecule has 26 heavy (non-hydrogen) atoms. The molecule has 0 radical (unpaired) electrons. The third-order valence-electron chi connectivity index (χ3n) is 4.20. The van der Waals surface area contributed by atoms with E-state index in [1.54, 1.807) is 12.1 Å². The fourth-order valence-corrected chi connectivity index (χ4v) is 2.86. The van der Waals surface area contributed by atoms with Gasteiger partial charge >= 0.3 is 11.9 Å². The van der Waals surface area contributed by atoms with E-state index in [0.717, 1.165) is 24.5 Å². The van der Waals surface area contributed by atoms with Crippen molar-refractivity contribution in [3.63, 3.8) is 0 Å². The fraction of sp³-hybridized carbons (Fsp3) is 0.263. The Morgan fingerprint density at radius 2 is 1.54 bits per heavy atom. The molecule has 7 heteroatoms. The number of non-ortho nitro benzene ring substituents is 1. The third kappa shape index (κ3) is 4.44. The first kappa shape index (κ1) is 19.1. The summed E-state index contributed by atoms with van der Waals surface area (Å²) in [4.78, 5) is 33.1. The first-order valence-electron chi connectivity index (χ1n) is 8.19. The van der Waals surface area contributed by atoms with Crippen LogP contribution in [0, 0.1) is 10.1 Å². The average molecular weight is 357 g/mol. The van der Waals surface area contributed by atoms with Gasteiger partial charge in [0.15, 0.2) is 0 Å². The van der Waals surface area contributed by atoms with Crippen molar-refractivity contribution in [1.29, 1.82) is 0 Å². The molecule has 7 nitrogen and oxygen atoms in total. The van der Waals surface area contributed by atoms with Crippen LogP contribution in [-0.4, -0.2) is 27.1 Å². The number of rotatable bonds is 8. The molecule has 2 aromatic carbocycles. The highest BCUT2D eigenvalue weighted by atomic mass is 16.6. The number of nitrogens with zero attached hydrogens (tertiary/aromatic N) is 1. The lowest BCUT2D eigenvalue weighted by atomic mass is 9.85. The van der Waals surface area contributed by atoms with Crippen LogP contribution in [0.15, 0.2) is 42.5 Å². The number of carboxylic acids is 2. The van der Waals surface area contributed by atoms with Gasteiger partial charge in [-0.15, -0.1) is 0 Å². The van der Waals surface area contributed by atoms with Crippen molar-refractivity contribution in [3.8, 4) is 0 Å². The van der Waals surface area contributed by atoms with Crippen molar-refractivity contribution in [1.82, 2.24) is 0 Å². The summed E-state index contributed by atoms with van der Waals surface area (Å²) in [5.41, 5.74) is 1.13. The second-order valence-electron chi connectivity index (χ2n) is 6.00. The first-order valence-corrected chi connectivity index (χ1v) is 8.19. The van der Waals surface area contributed by atoms with Gasteiger partial charge in [-0.3, -0.25) is 10.1 Å². The summed E-state index contributed by atoms with van der Waals surface area (Å²) >= 11 is 0. The van der Waals surface area contributed by atoms with Crippen molar-refractivity contribution in [2.24, 2.45) is 0 Å². The molecule has 2 rings (SSSR count). The zero-order chi connectivity index (χ0) is 19.3. The van der Waals surface area contributed by atoms with Crippen molar-refractivity contribution >= 4 is 17.6 Å². The minimum Gasteiger partial charge on any atom is -0.478 e. The number of unbranched alkanes of at least 4 members (excludes halogenated alkanes) is 1. The topological polar surface area (TPSA) is 118 Å². The molecule has 2 aromatic rings. The van der Waals surface area contributed by atoms with Crippen molar-refractivity contribution in [2.75, 3.05) is 0 Å². The molecule has 1 atom stereocenters. The molecule has 0 amide bonds. The van der Waals surface area contributed by atoms with Gasteiger partial charge in [0.1, 0.15) is 0 Å². The largest absolute Gasteiger partial charge is 0.478 e. The highest BCUT2D eigenvalue weighted by molar-refractivity contribution is 5.94. The van der Waals surface area contributed by atoms with E-state index >= 15 is 0 Å². The number of nitro groups is 1. The van der Waals surface area contributed by atoms with Crippen LogP contribution in [0.3, 0.4) is 0 Å². The Hall–Kier alpha value is -3.22. The summed E-state index contributed by atoms with van der Waals surface area (Å²) < 4.78 is 0. The Kier molecular flexibility index (Phi) is 6.06. The van der Waals surface area contributed by atoms with Crippen molar-refractivity contribution < 1.29 is 24.7 Å². The van der Waals surface area contributed by atoms with Crippen LogP contribution in [0.5, 0.6) is 0 Å². The lowest BCUT2D eigenvalue weighted by Crippen LogP contribution is -2.08. The van der Waals surface area contributed by atoms with E-state index in [9.17, 15) is 29.9 Å². The number of nitro benzene ring substituents is 1. The Labute approximate surface area is 150 Å². The highest BCUT2D eigenvalue weighted by Gasteiger charge is 2.19. The molecule has 1 unspecified atom stereocenters. The molecular formula is C19H19NO6. The van der Waals surface area contributed by atoms with Gasteiger partial charge in [-0.1, -0.05) is 31.9 Å². The van der Waals surface area contributed by atoms with Crippen molar-refractivity contribution in [3.05, 3.63) is 74.8 Å². The molecule has 0 bridgehead atoms. The normalized spacial score (nSPS) is 11.7. The van der Waals surface area contributed by atoms with E-state index in [2.05, 4.69) is 0 Å². The van der Waals surface area contributed by atoms with E-state index in [0.29, 0.717) is 12.0 Å². The summed E-state index contributed by atoms with van der Waals surface area (Å²) in [6.45, 7) is 2.02. The first-order chi connectivity index (χ1) is 12.3. The molecule has 0 aromatic heterocycles. The quantitative estimate of drug-likeness (QED) is 0.537. The summed E-state index contributed by atoms with van der Waals surface area (Å²) in [6, 6.07) is 10.1. The molecule has 136 valence electrons. The Bertz CT molecular complexity index is 796. The molecule has 0 fully saturated rings. The van der Waals surface area contributed by atoms with Crippen LogP contribution < -0.4 is 0 Å². The van der Waals surface area contributed by atoms with Gasteiger partial charge in [0.25, 0.3) is 5.69 Å². The van der Waals surface area contributed by atoms with Gasteiger partial charge in [0.2, 0.25) is 0 Å². The lowest BCUT2D eigenvalue weighted by Gasteiger charge is -2.19. The van der Waals surface area contributed by atoms with E-state index in [1.807, 2.05) is 6.92 Å². The second-order valence-corrected chi connectivity index (χ2v) is 6.00. The van der Waals surface area contributed by atoms with E-state index in [4.69, 9.17) is 0 Å². The zero-order valence-corrected chi connectivity index (χ0v) is 14.2. The van der Waals surface area contributed by atoms with Gasteiger partial charge in [-0.2, -0.15) is 0 Å². The number of carbonyl (C=O) groups is 2. The minimum atomic E-state index is -1.20. The number of hydrogen-bond acceptors (Lipinski definition) is 4. The predicted molar refractivity (Wildman–Crippen MR) is 94.8 cm³/mol. The summed E-state index contributed by atoms with van der Waals surface area (Å²) in [5, 5.41) is 29.4. The lowest BCUT2D eigenvalue weighted by molar-refractivity contribution is -0.384.